The van der Waals surface area contributed by atoms with Crippen LogP contribution in [0.25, 0.3) is 5.69 Å². The summed E-state index contributed by atoms with van der Waals surface area (Å²) in [5, 5.41) is 23.9. The molecule has 3 N–H and O–H groups in total. The number of benzene rings is 1. The SMILES string of the molecule is Cc1cc(Nc2ncc(F)c(C3CC3)n2)cc(-n2cnc([C@]3(O)CC[C@@H](O)CC3)c2)c1. The molecule has 7 nitrogen and oxygen atoms in total. The zero-order valence-corrected chi connectivity index (χ0v) is 17.4. The van der Waals surface area contributed by atoms with Gasteiger partial charge in [-0.25, -0.2) is 19.3 Å². The van der Waals surface area contributed by atoms with E-state index >= 15 is 0 Å². The lowest BCUT2D eigenvalue weighted by Gasteiger charge is -2.32. The first-order valence-electron chi connectivity index (χ1n) is 10.8. The maximum atomic E-state index is 14.0. The number of aliphatic hydroxyl groups is 2. The Morgan fingerprint density at radius 1 is 1.13 bits per heavy atom. The highest BCUT2D eigenvalue weighted by Gasteiger charge is 2.36. The molecule has 31 heavy (non-hydrogen) atoms. The van der Waals surface area contributed by atoms with E-state index in [-0.39, 0.29) is 17.8 Å². The standard InChI is InChI=1S/C23H26FN5O2/c1-14-8-16(27-22-25-11-19(24)21(28-22)15-2-3-15)10-17(9-14)29-12-20(26-13-29)23(31)6-4-18(30)5-7-23/h8-13,15,18,30-31H,2-7H2,1H3,(H,25,27,28)/t18-,23+. The molecular weight excluding hydrogens is 397 g/mol. The van der Waals surface area contributed by atoms with E-state index in [1.54, 1.807) is 6.33 Å². The topological polar surface area (TPSA) is 96.1 Å². The molecule has 0 atom stereocenters. The van der Waals surface area contributed by atoms with Crippen molar-refractivity contribution in [3.05, 3.63) is 59.7 Å². The second-order valence-electron chi connectivity index (χ2n) is 8.81. The van der Waals surface area contributed by atoms with Crippen molar-refractivity contribution >= 4 is 11.6 Å². The summed E-state index contributed by atoms with van der Waals surface area (Å²) >= 11 is 0. The third-order valence-corrected chi connectivity index (χ3v) is 6.19. The molecule has 2 aromatic heterocycles. The third-order valence-electron chi connectivity index (χ3n) is 6.19. The van der Waals surface area contributed by atoms with Crippen molar-refractivity contribution in [2.75, 3.05) is 5.32 Å². The van der Waals surface area contributed by atoms with Gasteiger partial charge in [-0.3, -0.25) is 0 Å². The van der Waals surface area contributed by atoms with Crippen LogP contribution in [0.4, 0.5) is 16.0 Å². The molecule has 8 heteroatoms. The normalized spacial score (nSPS) is 23.7. The minimum atomic E-state index is -1.00. The molecular formula is C23H26FN5O2. The number of rotatable bonds is 5. The van der Waals surface area contributed by atoms with Crippen molar-refractivity contribution in [3.8, 4) is 5.69 Å². The molecule has 2 aliphatic carbocycles. The molecule has 1 aromatic carbocycles. The molecule has 0 radical (unpaired) electrons. The summed E-state index contributed by atoms with van der Waals surface area (Å²) in [7, 11) is 0. The molecule has 5 rings (SSSR count). The number of anilines is 2. The largest absolute Gasteiger partial charge is 0.393 e. The molecule has 2 aliphatic rings. The summed E-state index contributed by atoms with van der Waals surface area (Å²) < 4.78 is 15.8. The van der Waals surface area contributed by atoms with Crippen molar-refractivity contribution in [1.29, 1.82) is 0 Å². The Morgan fingerprint density at radius 3 is 2.65 bits per heavy atom. The minimum Gasteiger partial charge on any atom is -0.393 e. The predicted molar refractivity (Wildman–Crippen MR) is 114 cm³/mol. The number of nitrogens with zero attached hydrogens (tertiary/aromatic N) is 4. The van der Waals surface area contributed by atoms with Crippen molar-refractivity contribution < 1.29 is 14.6 Å². The first-order chi connectivity index (χ1) is 14.9. The first kappa shape index (κ1) is 20.1. The van der Waals surface area contributed by atoms with E-state index in [9.17, 15) is 14.6 Å². The molecule has 2 saturated carbocycles. The van der Waals surface area contributed by atoms with E-state index in [1.807, 2.05) is 35.9 Å². The molecule has 0 amide bonds. The van der Waals surface area contributed by atoms with Gasteiger partial charge in [-0.2, -0.15) is 0 Å². The lowest BCUT2D eigenvalue weighted by molar-refractivity contribution is -0.0389. The van der Waals surface area contributed by atoms with Crippen LogP contribution in [0.3, 0.4) is 0 Å². The summed E-state index contributed by atoms with van der Waals surface area (Å²) in [6, 6.07) is 5.93. The van der Waals surface area contributed by atoms with E-state index in [2.05, 4.69) is 20.3 Å². The summed E-state index contributed by atoms with van der Waals surface area (Å²) in [5.41, 5.74) is 2.79. The van der Waals surface area contributed by atoms with Crippen LogP contribution in [0.5, 0.6) is 0 Å². The number of nitrogens with one attached hydrogen (secondary N) is 1. The zero-order chi connectivity index (χ0) is 21.6. The number of aliphatic hydroxyl groups excluding tert-OH is 1. The van der Waals surface area contributed by atoms with Crippen LogP contribution in [0.2, 0.25) is 0 Å². The fourth-order valence-corrected chi connectivity index (χ4v) is 4.24. The smallest absolute Gasteiger partial charge is 0.227 e. The Labute approximate surface area is 180 Å². The number of hydrogen-bond acceptors (Lipinski definition) is 6. The number of imidazole rings is 1. The summed E-state index contributed by atoms with van der Waals surface area (Å²) in [6.07, 6.45) is 8.49. The molecule has 0 aliphatic heterocycles. The molecule has 0 spiro atoms. The van der Waals surface area contributed by atoms with E-state index in [0.717, 1.165) is 29.8 Å². The van der Waals surface area contributed by atoms with Crippen molar-refractivity contribution in [1.82, 2.24) is 19.5 Å². The maximum absolute atomic E-state index is 14.0. The maximum Gasteiger partial charge on any atom is 0.227 e. The molecule has 2 fully saturated rings. The van der Waals surface area contributed by atoms with Crippen LogP contribution < -0.4 is 5.32 Å². The van der Waals surface area contributed by atoms with E-state index < -0.39 is 5.60 Å². The van der Waals surface area contributed by atoms with Crippen molar-refractivity contribution in [2.24, 2.45) is 0 Å². The van der Waals surface area contributed by atoms with Crippen LogP contribution in [-0.2, 0) is 5.60 Å². The lowest BCUT2D eigenvalue weighted by Crippen LogP contribution is -2.33. The van der Waals surface area contributed by atoms with Gasteiger partial charge >= 0.3 is 0 Å². The summed E-state index contributed by atoms with van der Waals surface area (Å²) in [5.74, 6) is 0.228. The van der Waals surface area contributed by atoms with Crippen molar-refractivity contribution in [3.63, 3.8) is 0 Å². The van der Waals surface area contributed by atoms with Gasteiger partial charge in [0.1, 0.15) is 5.60 Å². The van der Waals surface area contributed by atoms with Gasteiger partial charge in [-0.05, 0) is 69.2 Å². The molecule has 0 bridgehead atoms. The third kappa shape index (κ3) is 4.18. The Kier molecular flexibility index (Phi) is 4.98. The van der Waals surface area contributed by atoms with E-state index in [4.69, 9.17) is 0 Å². The highest BCUT2D eigenvalue weighted by Crippen LogP contribution is 2.40. The van der Waals surface area contributed by atoms with Gasteiger partial charge in [-0.15, -0.1) is 0 Å². The average molecular weight is 423 g/mol. The van der Waals surface area contributed by atoms with Crippen LogP contribution in [0, 0.1) is 12.7 Å². The molecule has 0 saturated heterocycles. The van der Waals surface area contributed by atoms with Gasteiger partial charge in [0, 0.05) is 23.5 Å². The van der Waals surface area contributed by atoms with Gasteiger partial charge in [0.25, 0.3) is 0 Å². The van der Waals surface area contributed by atoms with E-state index in [1.165, 1.54) is 6.20 Å². The second-order valence-corrected chi connectivity index (χ2v) is 8.81. The first-order valence-corrected chi connectivity index (χ1v) is 10.8. The van der Waals surface area contributed by atoms with Gasteiger partial charge in [0.2, 0.25) is 5.95 Å². The monoisotopic (exact) mass is 423 g/mol. The second kappa shape index (κ2) is 7.69. The number of hydrogen-bond donors (Lipinski definition) is 3. The number of halogens is 1. The van der Waals surface area contributed by atoms with Crippen molar-refractivity contribution in [2.45, 2.75) is 63.1 Å². The van der Waals surface area contributed by atoms with Crippen LogP contribution >= 0.6 is 0 Å². The summed E-state index contributed by atoms with van der Waals surface area (Å²) in [6.45, 7) is 1.99. The lowest BCUT2D eigenvalue weighted by atomic mass is 9.81. The molecule has 162 valence electrons. The fraction of sp³-hybridized carbons (Fsp3) is 0.435. The zero-order valence-electron chi connectivity index (χ0n) is 17.4. The summed E-state index contributed by atoms with van der Waals surface area (Å²) in [4.78, 5) is 12.9. The van der Waals surface area contributed by atoms with Crippen LogP contribution in [0.15, 0.2) is 36.9 Å². The fourth-order valence-electron chi connectivity index (χ4n) is 4.24. The number of aromatic nitrogens is 4. The Balaban J connectivity index is 1.39. The van der Waals surface area contributed by atoms with E-state index in [0.29, 0.717) is 43.0 Å². The predicted octanol–water partition coefficient (Wildman–Crippen LogP) is 3.85. The van der Waals surface area contributed by atoms with Gasteiger partial charge in [0.05, 0.1) is 30.0 Å². The van der Waals surface area contributed by atoms with Crippen LogP contribution in [-0.4, -0.2) is 35.8 Å². The highest BCUT2D eigenvalue weighted by molar-refractivity contribution is 5.59. The molecule has 3 aromatic rings. The minimum absolute atomic E-state index is 0.202. The van der Waals surface area contributed by atoms with Gasteiger partial charge in [0.15, 0.2) is 5.82 Å². The number of aryl methyl sites for hydroxylation is 1. The van der Waals surface area contributed by atoms with Gasteiger partial charge < -0.3 is 20.1 Å². The molecule has 2 heterocycles. The Hall–Kier alpha value is -2.84. The van der Waals surface area contributed by atoms with Crippen LogP contribution in [0.1, 0.15) is 61.4 Å². The quantitative estimate of drug-likeness (QED) is 0.577. The highest BCUT2D eigenvalue weighted by atomic mass is 19.1. The Morgan fingerprint density at radius 2 is 1.90 bits per heavy atom. The molecule has 0 unspecified atom stereocenters. The van der Waals surface area contributed by atoms with Gasteiger partial charge in [-0.1, -0.05) is 0 Å². The Bertz CT molecular complexity index is 1100. The average Bonchev–Trinajstić information content (AvgIpc) is 3.46.